The smallest absolute Gasteiger partial charge is 0.249 e. The first kappa shape index (κ1) is 17.5. The zero-order valence-corrected chi connectivity index (χ0v) is 14.9. The minimum absolute atomic E-state index is 0.0695. The van der Waals surface area contributed by atoms with Crippen molar-refractivity contribution in [1.82, 2.24) is 15.2 Å². The summed E-state index contributed by atoms with van der Waals surface area (Å²) in [4.78, 5) is 4.44. The summed E-state index contributed by atoms with van der Waals surface area (Å²) in [5.41, 5.74) is 1.66. The molecule has 3 aromatic rings. The summed E-state index contributed by atoms with van der Waals surface area (Å²) >= 11 is 0. The molecule has 0 aliphatic carbocycles. The summed E-state index contributed by atoms with van der Waals surface area (Å²) in [6.07, 6.45) is 1.63. The van der Waals surface area contributed by atoms with Gasteiger partial charge in [0.15, 0.2) is 5.82 Å². The number of methoxy groups -OCH3 is 1. The quantitative estimate of drug-likeness (QED) is 0.661. The molecule has 7 heteroatoms. The van der Waals surface area contributed by atoms with Crippen LogP contribution >= 0.6 is 0 Å². The third-order valence-corrected chi connectivity index (χ3v) is 3.42. The first-order chi connectivity index (χ1) is 12.6. The van der Waals surface area contributed by atoms with Gasteiger partial charge in [-0.05, 0) is 50.2 Å². The molecule has 0 aliphatic rings. The van der Waals surface area contributed by atoms with Crippen LogP contribution in [0, 0.1) is 0 Å². The van der Waals surface area contributed by atoms with Crippen LogP contribution in [0.4, 0.5) is 23.1 Å². The molecule has 0 bridgehead atoms. The van der Waals surface area contributed by atoms with E-state index in [1.165, 1.54) is 0 Å². The number of rotatable bonds is 7. The van der Waals surface area contributed by atoms with Gasteiger partial charge in [-0.2, -0.15) is 10.1 Å². The van der Waals surface area contributed by atoms with E-state index in [0.29, 0.717) is 11.8 Å². The molecule has 1 heterocycles. The molecular weight excluding hydrogens is 330 g/mol. The summed E-state index contributed by atoms with van der Waals surface area (Å²) in [5.74, 6) is 2.48. The molecule has 0 unspecified atom stereocenters. The highest BCUT2D eigenvalue weighted by atomic mass is 16.5. The highest BCUT2D eigenvalue weighted by molar-refractivity contribution is 5.63. The molecule has 0 atom stereocenters. The predicted molar refractivity (Wildman–Crippen MR) is 102 cm³/mol. The van der Waals surface area contributed by atoms with E-state index in [9.17, 15) is 0 Å². The maximum atomic E-state index is 5.80. The monoisotopic (exact) mass is 351 g/mol. The number of para-hydroxylation sites is 2. The molecule has 134 valence electrons. The maximum absolute atomic E-state index is 5.80. The average molecular weight is 351 g/mol. The lowest BCUT2D eigenvalue weighted by atomic mass is 10.3. The summed E-state index contributed by atoms with van der Waals surface area (Å²) in [7, 11) is 1.63. The maximum Gasteiger partial charge on any atom is 0.249 e. The van der Waals surface area contributed by atoms with Gasteiger partial charge < -0.3 is 20.1 Å². The number of nitrogens with zero attached hydrogens (tertiary/aromatic N) is 3. The van der Waals surface area contributed by atoms with E-state index in [4.69, 9.17) is 9.47 Å². The Morgan fingerprint density at radius 2 is 1.73 bits per heavy atom. The van der Waals surface area contributed by atoms with E-state index >= 15 is 0 Å². The van der Waals surface area contributed by atoms with Crippen LogP contribution in [0.25, 0.3) is 0 Å². The Kier molecular flexibility index (Phi) is 5.48. The Morgan fingerprint density at radius 3 is 2.46 bits per heavy atom. The molecule has 2 aromatic carbocycles. The second-order valence-electron chi connectivity index (χ2n) is 5.81. The number of benzene rings is 2. The summed E-state index contributed by atoms with van der Waals surface area (Å²) in [6.45, 7) is 3.96. The second kappa shape index (κ2) is 8.15. The molecule has 1 aromatic heterocycles. The van der Waals surface area contributed by atoms with E-state index in [2.05, 4.69) is 25.8 Å². The van der Waals surface area contributed by atoms with Gasteiger partial charge >= 0.3 is 0 Å². The Hall–Kier alpha value is -3.35. The minimum atomic E-state index is 0.0695. The molecule has 0 radical (unpaired) electrons. The number of hydrogen-bond donors (Lipinski definition) is 2. The molecule has 7 nitrogen and oxygen atoms in total. The number of anilines is 4. The van der Waals surface area contributed by atoms with Crippen molar-refractivity contribution in [3.8, 4) is 11.5 Å². The van der Waals surface area contributed by atoms with E-state index < -0.39 is 0 Å². The zero-order valence-electron chi connectivity index (χ0n) is 14.9. The fraction of sp³-hybridized carbons (Fsp3) is 0.211. The molecular formula is C19H21N5O2. The van der Waals surface area contributed by atoms with Gasteiger partial charge in [-0.15, -0.1) is 5.10 Å². The van der Waals surface area contributed by atoms with Crippen LogP contribution in [0.15, 0.2) is 54.7 Å². The third-order valence-electron chi connectivity index (χ3n) is 3.42. The van der Waals surface area contributed by atoms with Gasteiger partial charge in [0.1, 0.15) is 11.5 Å². The van der Waals surface area contributed by atoms with Crippen molar-refractivity contribution in [1.29, 1.82) is 0 Å². The van der Waals surface area contributed by atoms with Gasteiger partial charge in [0.2, 0.25) is 5.95 Å². The Morgan fingerprint density at radius 1 is 0.962 bits per heavy atom. The van der Waals surface area contributed by atoms with Gasteiger partial charge in [-0.25, -0.2) is 0 Å². The van der Waals surface area contributed by atoms with Crippen LogP contribution in [0.3, 0.4) is 0 Å². The standard InChI is InChI=1S/C19H21N5O2/c1-13(2)26-17-7-5-4-6-16(17)22-19-23-18(12-20-24-19)21-14-8-10-15(25-3)11-9-14/h4-13H,1-3H3,(H2,21,22,23,24). The Bertz CT molecular complexity index is 853. The molecule has 2 N–H and O–H groups in total. The first-order valence-corrected chi connectivity index (χ1v) is 8.27. The number of ether oxygens (including phenoxy) is 2. The molecule has 0 spiro atoms. The number of nitrogens with one attached hydrogen (secondary N) is 2. The topological polar surface area (TPSA) is 81.2 Å². The van der Waals surface area contributed by atoms with Crippen LogP contribution in [-0.2, 0) is 0 Å². The highest BCUT2D eigenvalue weighted by Crippen LogP contribution is 2.27. The van der Waals surface area contributed by atoms with E-state index in [1.54, 1.807) is 13.3 Å². The van der Waals surface area contributed by atoms with Crippen LogP contribution in [0.5, 0.6) is 11.5 Å². The fourth-order valence-electron chi connectivity index (χ4n) is 2.29. The lowest BCUT2D eigenvalue weighted by molar-refractivity contribution is 0.244. The van der Waals surface area contributed by atoms with Gasteiger partial charge in [0.25, 0.3) is 0 Å². The van der Waals surface area contributed by atoms with E-state index in [0.717, 1.165) is 22.9 Å². The summed E-state index contributed by atoms with van der Waals surface area (Å²) in [6, 6.07) is 15.2. The molecule has 0 fully saturated rings. The van der Waals surface area contributed by atoms with Crippen molar-refractivity contribution >= 4 is 23.1 Å². The van der Waals surface area contributed by atoms with Gasteiger partial charge in [0, 0.05) is 5.69 Å². The molecule has 0 saturated heterocycles. The van der Waals surface area contributed by atoms with Gasteiger partial charge in [-0.1, -0.05) is 12.1 Å². The average Bonchev–Trinajstić information content (AvgIpc) is 2.64. The van der Waals surface area contributed by atoms with Crippen LogP contribution in [-0.4, -0.2) is 28.4 Å². The fourth-order valence-corrected chi connectivity index (χ4v) is 2.29. The number of hydrogen-bond acceptors (Lipinski definition) is 7. The Balaban J connectivity index is 1.75. The SMILES string of the molecule is COc1ccc(Nc2cnnc(Nc3ccccc3OC(C)C)n2)cc1. The van der Waals surface area contributed by atoms with Crippen LogP contribution in [0.1, 0.15) is 13.8 Å². The molecule has 0 saturated carbocycles. The molecule has 26 heavy (non-hydrogen) atoms. The normalized spacial score (nSPS) is 10.5. The van der Waals surface area contributed by atoms with Crippen molar-refractivity contribution in [3.05, 3.63) is 54.7 Å². The lowest BCUT2D eigenvalue weighted by Gasteiger charge is -2.14. The highest BCUT2D eigenvalue weighted by Gasteiger charge is 2.08. The Labute approximate surface area is 152 Å². The van der Waals surface area contributed by atoms with Crippen molar-refractivity contribution in [2.75, 3.05) is 17.7 Å². The largest absolute Gasteiger partial charge is 0.497 e. The van der Waals surface area contributed by atoms with Crippen molar-refractivity contribution in [2.45, 2.75) is 20.0 Å². The van der Waals surface area contributed by atoms with Crippen molar-refractivity contribution in [2.24, 2.45) is 0 Å². The lowest BCUT2D eigenvalue weighted by Crippen LogP contribution is -2.08. The van der Waals surface area contributed by atoms with Crippen LogP contribution < -0.4 is 20.1 Å². The molecule has 3 rings (SSSR count). The van der Waals surface area contributed by atoms with Crippen molar-refractivity contribution < 1.29 is 9.47 Å². The first-order valence-electron chi connectivity index (χ1n) is 8.27. The predicted octanol–water partition coefficient (Wildman–Crippen LogP) is 4.15. The van der Waals surface area contributed by atoms with Crippen LogP contribution in [0.2, 0.25) is 0 Å². The van der Waals surface area contributed by atoms with Crippen molar-refractivity contribution in [3.63, 3.8) is 0 Å². The summed E-state index contributed by atoms with van der Waals surface area (Å²) < 4.78 is 11.0. The van der Waals surface area contributed by atoms with Gasteiger partial charge in [0.05, 0.1) is 25.1 Å². The second-order valence-corrected chi connectivity index (χ2v) is 5.81. The molecule has 0 amide bonds. The minimum Gasteiger partial charge on any atom is -0.497 e. The summed E-state index contributed by atoms with van der Waals surface area (Å²) in [5, 5.41) is 14.4. The van der Waals surface area contributed by atoms with E-state index in [-0.39, 0.29) is 6.10 Å². The number of aromatic nitrogens is 3. The zero-order chi connectivity index (χ0) is 18.4. The van der Waals surface area contributed by atoms with Gasteiger partial charge in [-0.3, -0.25) is 0 Å². The van der Waals surface area contributed by atoms with E-state index in [1.807, 2.05) is 62.4 Å². The molecule has 0 aliphatic heterocycles. The third kappa shape index (κ3) is 4.60.